The third kappa shape index (κ3) is 2.00. The second-order valence-corrected chi connectivity index (χ2v) is 4.23. The maximum atomic E-state index is 2.42. The molecule has 68 valence electrons. The Morgan fingerprint density at radius 3 is 2.58 bits per heavy atom. The van der Waals surface area contributed by atoms with Gasteiger partial charge in [-0.05, 0) is 31.6 Å². The minimum atomic E-state index is 0.435. The van der Waals surface area contributed by atoms with E-state index in [1.54, 1.807) is 5.57 Å². The molecule has 1 aliphatic carbocycles. The smallest absolute Gasteiger partial charge is 0.0106 e. The summed E-state index contributed by atoms with van der Waals surface area (Å²) in [5.41, 5.74) is 3.49. The summed E-state index contributed by atoms with van der Waals surface area (Å²) in [5, 5.41) is 0. The summed E-state index contributed by atoms with van der Waals surface area (Å²) in [6.07, 6.45) is 8.49. The zero-order chi connectivity index (χ0) is 9.19. The molecule has 0 bridgehead atoms. The fourth-order valence-corrected chi connectivity index (χ4v) is 1.99. The molecule has 0 fully saturated rings. The van der Waals surface area contributed by atoms with Crippen LogP contribution in [0.5, 0.6) is 0 Å². The second kappa shape index (κ2) is 3.47. The third-order valence-corrected chi connectivity index (χ3v) is 2.90. The largest absolute Gasteiger partial charge is 0.0753 e. The minimum absolute atomic E-state index is 0.435. The fourth-order valence-electron chi connectivity index (χ4n) is 1.99. The van der Waals surface area contributed by atoms with E-state index in [2.05, 4.69) is 39.8 Å². The molecule has 0 amide bonds. The van der Waals surface area contributed by atoms with Crippen LogP contribution in [0.4, 0.5) is 0 Å². The lowest BCUT2D eigenvalue weighted by Crippen LogP contribution is -2.16. The first-order valence-corrected chi connectivity index (χ1v) is 4.98. The summed E-state index contributed by atoms with van der Waals surface area (Å²) in [6.45, 7) is 9.10. The molecule has 0 aromatic carbocycles. The highest BCUT2D eigenvalue weighted by molar-refractivity contribution is 5.30. The highest BCUT2D eigenvalue weighted by atomic mass is 14.3. The van der Waals surface area contributed by atoms with Crippen molar-refractivity contribution >= 4 is 0 Å². The van der Waals surface area contributed by atoms with Gasteiger partial charge >= 0.3 is 0 Å². The van der Waals surface area contributed by atoms with Crippen LogP contribution in [-0.4, -0.2) is 0 Å². The van der Waals surface area contributed by atoms with Crippen LogP contribution in [0.2, 0.25) is 0 Å². The quantitative estimate of drug-likeness (QED) is 0.576. The predicted molar refractivity (Wildman–Crippen MR) is 55.1 cm³/mol. The van der Waals surface area contributed by atoms with E-state index in [0.717, 1.165) is 0 Å². The Hall–Kier alpha value is -0.520. The molecule has 0 N–H and O–H groups in total. The van der Waals surface area contributed by atoms with Gasteiger partial charge in [0.25, 0.3) is 0 Å². The van der Waals surface area contributed by atoms with Crippen LogP contribution < -0.4 is 0 Å². The van der Waals surface area contributed by atoms with Gasteiger partial charge < -0.3 is 0 Å². The van der Waals surface area contributed by atoms with E-state index in [-0.39, 0.29) is 0 Å². The molecule has 0 radical (unpaired) electrons. The Bertz CT molecular complexity index is 220. The van der Waals surface area contributed by atoms with Crippen molar-refractivity contribution in [3.05, 3.63) is 23.3 Å². The molecular formula is C12H20. The zero-order valence-electron chi connectivity index (χ0n) is 8.78. The number of rotatable bonds is 2. The maximum absolute atomic E-state index is 2.42. The van der Waals surface area contributed by atoms with Gasteiger partial charge in [-0.15, -0.1) is 0 Å². The van der Waals surface area contributed by atoms with Crippen molar-refractivity contribution in [2.45, 2.75) is 47.0 Å². The second-order valence-electron chi connectivity index (χ2n) is 4.23. The predicted octanol–water partition coefficient (Wildman–Crippen LogP) is 4.09. The molecule has 0 heteroatoms. The number of allylic oxidation sites excluding steroid dienone is 4. The van der Waals surface area contributed by atoms with Gasteiger partial charge in [0.05, 0.1) is 0 Å². The molecule has 1 atom stereocenters. The van der Waals surface area contributed by atoms with Crippen LogP contribution in [-0.2, 0) is 0 Å². The molecule has 0 saturated carbocycles. The van der Waals surface area contributed by atoms with Crippen LogP contribution >= 0.6 is 0 Å². The summed E-state index contributed by atoms with van der Waals surface area (Å²) in [7, 11) is 0. The van der Waals surface area contributed by atoms with E-state index < -0.39 is 0 Å². The van der Waals surface area contributed by atoms with E-state index in [9.17, 15) is 0 Å². The molecule has 1 rings (SSSR count). The van der Waals surface area contributed by atoms with Gasteiger partial charge in [-0.25, -0.2) is 0 Å². The van der Waals surface area contributed by atoms with Crippen molar-refractivity contribution in [2.24, 2.45) is 5.41 Å². The van der Waals surface area contributed by atoms with Crippen LogP contribution in [0.1, 0.15) is 47.0 Å². The van der Waals surface area contributed by atoms with Gasteiger partial charge in [0.2, 0.25) is 0 Å². The van der Waals surface area contributed by atoms with Crippen molar-refractivity contribution in [1.82, 2.24) is 0 Å². The Balaban J connectivity index is 2.84. The summed E-state index contributed by atoms with van der Waals surface area (Å²) in [5.74, 6) is 0. The monoisotopic (exact) mass is 164 g/mol. The van der Waals surface area contributed by atoms with Crippen LogP contribution in [0.3, 0.4) is 0 Å². The number of hydrogen-bond acceptors (Lipinski definition) is 0. The normalized spacial score (nSPS) is 29.7. The first kappa shape index (κ1) is 9.57. The van der Waals surface area contributed by atoms with Crippen molar-refractivity contribution < 1.29 is 0 Å². The standard InChI is InChI=1S/C12H20/c1-5-11-7-10(3)8-12(4,6-2)9-11/h7-8H,5-6,9H2,1-4H3/t12-/m0/s1. The topological polar surface area (TPSA) is 0 Å². The zero-order valence-corrected chi connectivity index (χ0v) is 8.78. The molecular weight excluding hydrogens is 144 g/mol. The summed E-state index contributed by atoms with van der Waals surface area (Å²) in [4.78, 5) is 0. The summed E-state index contributed by atoms with van der Waals surface area (Å²) >= 11 is 0. The third-order valence-electron chi connectivity index (χ3n) is 2.90. The molecule has 0 saturated heterocycles. The van der Waals surface area contributed by atoms with Crippen LogP contribution in [0.25, 0.3) is 0 Å². The Kier molecular flexibility index (Phi) is 2.76. The maximum Gasteiger partial charge on any atom is -0.0106 e. The van der Waals surface area contributed by atoms with Gasteiger partial charge in [0.1, 0.15) is 0 Å². The molecule has 0 aromatic heterocycles. The summed E-state index contributed by atoms with van der Waals surface area (Å²) < 4.78 is 0. The molecule has 0 spiro atoms. The van der Waals surface area contributed by atoms with E-state index in [0.29, 0.717) is 5.41 Å². The highest BCUT2D eigenvalue weighted by Crippen LogP contribution is 2.37. The van der Waals surface area contributed by atoms with Crippen molar-refractivity contribution in [2.75, 3.05) is 0 Å². The molecule has 0 nitrogen and oxygen atoms in total. The SMILES string of the molecule is CCC1=CC(C)=C[C@](C)(CC)C1. The Morgan fingerprint density at radius 2 is 2.08 bits per heavy atom. The Labute approximate surface area is 76.4 Å². The first-order valence-electron chi connectivity index (χ1n) is 4.98. The van der Waals surface area contributed by atoms with Crippen molar-refractivity contribution in [3.8, 4) is 0 Å². The molecule has 0 aromatic rings. The first-order chi connectivity index (χ1) is 5.59. The number of hydrogen-bond donors (Lipinski definition) is 0. The van der Waals surface area contributed by atoms with Gasteiger partial charge in [-0.3, -0.25) is 0 Å². The Morgan fingerprint density at radius 1 is 1.42 bits per heavy atom. The molecule has 12 heavy (non-hydrogen) atoms. The minimum Gasteiger partial charge on any atom is -0.0753 e. The average molecular weight is 164 g/mol. The lowest BCUT2D eigenvalue weighted by atomic mass is 9.76. The fraction of sp³-hybridized carbons (Fsp3) is 0.667. The summed E-state index contributed by atoms with van der Waals surface area (Å²) in [6, 6.07) is 0. The lowest BCUT2D eigenvalue weighted by Gasteiger charge is -2.29. The van der Waals surface area contributed by atoms with Crippen molar-refractivity contribution in [3.63, 3.8) is 0 Å². The lowest BCUT2D eigenvalue weighted by molar-refractivity contribution is 0.396. The van der Waals surface area contributed by atoms with Crippen LogP contribution in [0.15, 0.2) is 23.3 Å². The van der Waals surface area contributed by atoms with Crippen LogP contribution in [0, 0.1) is 5.41 Å². The van der Waals surface area contributed by atoms with E-state index in [4.69, 9.17) is 0 Å². The molecule has 1 aliphatic rings. The van der Waals surface area contributed by atoms with Gasteiger partial charge in [0, 0.05) is 0 Å². The molecule has 0 unspecified atom stereocenters. The van der Waals surface area contributed by atoms with E-state index >= 15 is 0 Å². The van der Waals surface area contributed by atoms with Gasteiger partial charge in [-0.1, -0.05) is 44.1 Å². The highest BCUT2D eigenvalue weighted by Gasteiger charge is 2.23. The van der Waals surface area contributed by atoms with Gasteiger partial charge in [0.15, 0.2) is 0 Å². The molecule has 0 heterocycles. The van der Waals surface area contributed by atoms with Gasteiger partial charge in [-0.2, -0.15) is 0 Å². The average Bonchev–Trinajstić information content (AvgIpc) is 2.03. The van der Waals surface area contributed by atoms with Crippen molar-refractivity contribution in [1.29, 1.82) is 0 Å². The van der Waals surface area contributed by atoms with E-state index in [1.807, 2.05) is 0 Å². The molecule has 0 aliphatic heterocycles. The van der Waals surface area contributed by atoms with E-state index in [1.165, 1.54) is 24.8 Å².